The van der Waals surface area contributed by atoms with E-state index in [1.165, 1.54) is 12.1 Å². The summed E-state index contributed by atoms with van der Waals surface area (Å²) in [6, 6.07) is 8.51. The highest BCUT2D eigenvalue weighted by Gasteiger charge is 2.30. The van der Waals surface area contributed by atoms with Crippen LogP contribution in [0.3, 0.4) is 0 Å². The van der Waals surface area contributed by atoms with Crippen LogP contribution in [-0.4, -0.2) is 12.8 Å². The van der Waals surface area contributed by atoms with E-state index < -0.39 is 17.8 Å². The summed E-state index contributed by atoms with van der Waals surface area (Å²) in [5.41, 5.74) is -0.366. The molecule has 0 aromatic heterocycles. The number of rotatable bonds is 2. The quantitative estimate of drug-likeness (QED) is 0.875. The molecule has 8 heteroatoms. The summed E-state index contributed by atoms with van der Waals surface area (Å²) in [6.07, 6.45) is -4.47. The fourth-order valence-electron chi connectivity index (χ4n) is 2.04. The third kappa shape index (κ3) is 3.47. The van der Waals surface area contributed by atoms with E-state index in [4.69, 9.17) is 9.47 Å². The number of hydrogen-bond acceptors (Lipinski definition) is 3. The van der Waals surface area contributed by atoms with Gasteiger partial charge in [0.25, 0.3) is 0 Å². The lowest BCUT2D eigenvalue weighted by Crippen LogP contribution is -2.19. The second kappa shape index (κ2) is 5.71. The van der Waals surface area contributed by atoms with Gasteiger partial charge in [0.15, 0.2) is 11.5 Å². The molecule has 0 bridgehead atoms. The van der Waals surface area contributed by atoms with Crippen LogP contribution in [0.25, 0.3) is 0 Å². The highest BCUT2D eigenvalue weighted by Crippen LogP contribution is 2.34. The van der Waals surface area contributed by atoms with Crippen LogP contribution >= 0.6 is 0 Å². The molecule has 2 N–H and O–H groups in total. The number of nitrogens with one attached hydrogen (secondary N) is 2. The molecule has 2 amide bonds. The van der Waals surface area contributed by atoms with Crippen molar-refractivity contribution in [1.82, 2.24) is 0 Å². The first-order chi connectivity index (χ1) is 10.9. The third-order valence-electron chi connectivity index (χ3n) is 3.08. The summed E-state index contributed by atoms with van der Waals surface area (Å²) < 4.78 is 48.2. The third-order valence-corrected chi connectivity index (χ3v) is 3.08. The molecule has 0 radical (unpaired) electrons. The van der Waals surface area contributed by atoms with Crippen molar-refractivity contribution in [3.05, 3.63) is 48.0 Å². The summed E-state index contributed by atoms with van der Waals surface area (Å²) in [5, 5.41) is 4.86. The molecule has 2 aromatic rings. The van der Waals surface area contributed by atoms with Gasteiger partial charge < -0.3 is 20.1 Å². The minimum atomic E-state index is -4.47. The van der Waals surface area contributed by atoms with Crippen molar-refractivity contribution in [3.63, 3.8) is 0 Å². The number of hydrogen-bond donors (Lipinski definition) is 2. The van der Waals surface area contributed by atoms with E-state index in [2.05, 4.69) is 10.6 Å². The summed E-state index contributed by atoms with van der Waals surface area (Å²) in [5.74, 6) is 1.05. The molecule has 5 nitrogen and oxygen atoms in total. The van der Waals surface area contributed by atoms with Crippen molar-refractivity contribution < 1.29 is 27.4 Å². The van der Waals surface area contributed by atoms with Gasteiger partial charge in [-0.05, 0) is 30.3 Å². The second-order valence-electron chi connectivity index (χ2n) is 4.73. The number of halogens is 3. The molecule has 0 atom stereocenters. The zero-order valence-electron chi connectivity index (χ0n) is 11.6. The van der Waals surface area contributed by atoms with Crippen molar-refractivity contribution in [2.45, 2.75) is 6.18 Å². The molecule has 0 saturated heterocycles. The minimum Gasteiger partial charge on any atom is -0.454 e. The molecule has 3 rings (SSSR count). The normalized spacial score (nSPS) is 12.8. The minimum absolute atomic E-state index is 0.0399. The number of benzene rings is 2. The van der Waals surface area contributed by atoms with Gasteiger partial charge in [-0.2, -0.15) is 13.2 Å². The first-order valence-corrected chi connectivity index (χ1v) is 6.57. The molecule has 23 heavy (non-hydrogen) atoms. The van der Waals surface area contributed by atoms with E-state index in [0.29, 0.717) is 17.2 Å². The maximum Gasteiger partial charge on any atom is 0.416 e. The molecule has 1 heterocycles. The number of urea groups is 1. The molecule has 2 aromatic carbocycles. The van der Waals surface area contributed by atoms with Gasteiger partial charge in [-0.25, -0.2) is 4.79 Å². The Balaban J connectivity index is 1.68. The van der Waals surface area contributed by atoms with Crippen LogP contribution in [0.4, 0.5) is 29.3 Å². The van der Waals surface area contributed by atoms with Crippen LogP contribution in [0.15, 0.2) is 42.5 Å². The summed E-state index contributed by atoms with van der Waals surface area (Å²) in [4.78, 5) is 11.9. The standard InChI is InChI=1S/C15H11F3N2O3/c16-15(17,18)9-2-1-3-10(6-9)19-14(21)20-11-4-5-12-13(7-11)23-8-22-12/h1-7H,8H2,(H2,19,20,21). The number of amides is 2. The van der Waals surface area contributed by atoms with Gasteiger partial charge in [0.2, 0.25) is 6.79 Å². The number of alkyl halides is 3. The van der Waals surface area contributed by atoms with Crippen LogP contribution < -0.4 is 20.1 Å². The molecule has 0 aliphatic carbocycles. The summed E-state index contributed by atoms with van der Waals surface area (Å²) in [6.45, 7) is 0.106. The molecule has 120 valence electrons. The second-order valence-corrected chi connectivity index (χ2v) is 4.73. The van der Waals surface area contributed by atoms with Gasteiger partial charge in [-0.15, -0.1) is 0 Å². The molecule has 0 spiro atoms. The fourth-order valence-corrected chi connectivity index (χ4v) is 2.04. The summed E-state index contributed by atoms with van der Waals surface area (Å²) >= 11 is 0. The largest absolute Gasteiger partial charge is 0.454 e. The Hall–Kier alpha value is -2.90. The van der Waals surface area contributed by atoms with Gasteiger partial charge in [0.1, 0.15) is 0 Å². The maximum absolute atomic E-state index is 12.6. The Morgan fingerprint density at radius 1 is 0.957 bits per heavy atom. The number of carbonyl (C=O) groups excluding carboxylic acids is 1. The molecule has 1 aliphatic heterocycles. The van der Waals surface area contributed by atoms with Crippen molar-refractivity contribution in [3.8, 4) is 11.5 Å². The monoisotopic (exact) mass is 324 g/mol. The van der Waals surface area contributed by atoms with Crippen LogP contribution in [0.5, 0.6) is 11.5 Å². The molecule has 0 saturated carbocycles. The van der Waals surface area contributed by atoms with E-state index in [-0.39, 0.29) is 12.5 Å². The fraction of sp³-hybridized carbons (Fsp3) is 0.133. The maximum atomic E-state index is 12.6. The lowest BCUT2D eigenvalue weighted by atomic mass is 10.2. The van der Waals surface area contributed by atoms with Crippen LogP contribution in [0.2, 0.25) is 0 Å². The van der Waals surface area contributed by atoms with E-state index >= 15 is 0 Å². The van der Waals surface area contributed by atoms with E-state index in [1.807, 2.05) is 0 Å². The smallest absolute Gasteiger partial charge is 0.416 e. The lowest BCUT2D eigenvalue weighted by Gasteiger charge is -2.11. The Labute approximate surface area is 129 Å². The molecular weight excluding hydrogens is 313 g/mol. The van der Waals surface area contributed by atoms with Gasteiger partial charge in [0.05, 0.1) is 5.56 Å². The molecule has 0 unspecified atom stereocenters. The highest BCUT2D eigenvalue weighted by atomic mass is 19.4. The summed E-state index contributed by atoms with van der Waals surface area (Å²) in [7, 11) is 0. The Morgan fingerprint density at radius 2 is 1.65 bits per heavy atom. The number of carbonyl (C=O) groups is 1. The number of anilines is 2. The van der Waals surface area contributed by atoms with E-state index in [0.717, 1.165) is 12.1 Å². The average Bonchev–Trinajstić information content (AvgIpc) is 2.94. The van der Waals surface area contributed by atoms with Gasteiger partial charge in [0, 0.05) is 17.4 Å². The molecular formula is C15H11F3N2O3. The van der Waals surface area contributed by atoms with Gasteiger partial charge in [-0.1, -0.05) is 6.07 Å². The number of ether oxygens (including phenoxy) is 2. The Morgan fingerprint density at radius 3 is 2.39 bits per heavy atom. The first kappa shape index (κ1) is 15.0. The average molecular weight is 324 g/mol. The van der Waals surface area contributed by atoms with Crippen LogP contribution in [0.1, 0.15) is 5.56 Å². The SMILES string of the molecule is O=C(Nc1cccc(C(F)(F)F)c1)Nc1ccc2c(c1)OCO2. The van der Waals surface area contributed by atoms with E-state index in [1.54, 1.807) is 18.2 Å². The first-order valence-electron chi connectivity index (χ1n) is 6.57. The van der Waals surface area contributed by atoms with Crippen molar-refractivity contribution in [2.75, 3.05) is 17.4 Å². The number of fused-ring (bicyclic) bond motifs is 1. The topological polar surface area (TPSA) is 59.6 Å². The predicted octanol–water partition coefficient (Wildman–Crippen LogP) is 4.08. The molecule has 0 fully saturated rings. The van der Waals surface area contributed by atoms with Crippen LogP contribution in [0, 0.1) is 0 Å². The van der Waals surface area contributed by atoms with Gasteiger partial charge in [-0.3, -0.25) is 0 Å². The van der Waals surface area contributed by atoms with Crippen molar-refractivity contribution in [2.24, 2.45) is 0 Å². The zero-order chi connectivity index (χ0) is 16.4. The van der Waals surface area contributed by atoms with Gasteiger partial charge >= 0.3 is 12.2 Å². The highest BCUT2D eigenvalue weighted by molar-refractivity contribution is 6.00. The lowest BCUT2D eigenvalue weighted by molar-refractivity contribution is -0.137. The Kier molecular flexibility index (Phi) is 3.73. The predicted molar refractivity (Wildman–Crippen MR) is 76.7 cm³/mol. The molecule has 1 aliphatic rings. The Bertz CT molecular complexity index is 747. The van der Waals surface area contributed by atoms with E-state index in [9.17, 15) is 18.0 Å². The van der Waals surface area contributed by atoms with Crippen molar-refractivity contribution in [1.29, 1.82) is 0 Å². The zero-order valence-corrected chi connectivity index (χ0v) is 11.6. The van der Waals surface area contributed by atoms with Crippen LogP contribution in [-0.2, 0) is 6.18 Å². The van der Waals surface area contributed by atoms with Crippen molar-refractivity contribution >= 4 is 17.4 Å².